The van der Waals surface area contributed by atoms with E-state index in [1.165, 1.54) is 30.2 Å². The number of piperidine rings is 1. The molecule has 0 bridgehead atoms. The van der Waals surface area contributed by atoms with Crippen molar-refractivity contribution in [3.05, 3.63) is 29.8 Å². The van der Waals surface area contributed by atoms with E-state index >= 15 is 0 Å². The number of likely N-dealkylation sites (tertiary alicyclic amines) is 1. The van der Waals surface area contributed by atoms with Gasteiger partial charge in [0.25, 0.3) is 0 Å². The molecule has 2 heterocycles. The molecule has 2 aromatic rings. The highest BCUT2D eigenvalue weighted by Crippen LogP contribution is 2.37. The summed E-state index contributed by atoms with van der Waals surface area (Å²) in [6, 6.07) is 8.97. The SMILES string of the molecule is CC(C)(C)c1ccc(-c2nnc(SCC(=O)N3CCC[C@H](C(N)=O)C3)n2C2CCCC2)cc1. The summed E-state index contributed by atoms with van der Waals surface area (Å²) in [6.07, 6.45) is 6.21. The van der Waals surface area contributed by atoms with Gasteiger partial charge in [0.2, 0.25) is 11.8 Å². The molecule has 1 atom stereocenters. The van der Waals surface area contributed by atoms with Gasteiger partial charge >= 0.3 is 0 Å². The number of amides is 2. The molecule has 0 spiro atoms. The van der Waals surface area contributed by atoms with Crippen molar-refractivity contribution < 1.29 is 9.59 Å². The zero-order valence-electron chi connectivity index (χ0n) is 19.9. The summed E-state index contributed by atoms with van der Waals surface area (Å²) in [4.78, 5) is 26.2. The zero-order valence-corrected chi connectivity index (χ0v) is 20.7. The van der Waals surface area contributed by atoms with Gasteiger partial charge in [-0.15, -0.1) is 10.2 Å². The van der Waals surface area contributed by atoms with Crippen LogP contribution in [0.1, 0.15) is 70.9 Å². The van der Waals surface area contributed by atoms with Gasteiger partial charge in [0.15, 0.2) is 11.0 Å². The average Bonchev–Trinajstić information content (AvgIpc) is 3.46. The van der Waals surface area contributed by atoms with Gasteiger partial charge in [-0.1, -0.05) is 69.6 Å². The summed E-state index contributed by atoms with van der Waals surface area (Å²) in [5.74, 6) is 0.645. The lowest BCUT2D eigenvalue weighted by Gasteiger charge is -2.31. The van der Waals surface area contributed by atoms with E-state index < -0.39 is 0 Å². The maximum absolute atomic E-state index is 12.9. The predicted octanol–water partition coefficient (Wildman–Crippen LogP) is 4.17. The Kier molecular flexibility index (Phi) is 7.12. The van der Waals surface area contributed by atoms with Crippen LogP contribution in [0.2, 0.25) is 0 Å². The van der Waals surface area contributed by atoms with Crippen molar-refractivity contribution in [1.82, 2.24) is 19.7 Å². The molecule has 1 aromatic heterocycles. The molecule has 1 saturated carbocycles. The first kappa shape index (κ1) is 23.8. The third-order valence-corrected chi connectivity index (χ3v) is 7.79. The van der Waals surface area contributed by atoms with Gasteiger partial charge in [-0.05, 0) is 36.7 Å². The fourth-order valence-electron chi connectivity index (χ4n) is 4.84. The lowest BCUT2D eigenvalue weighted by molar-refractivity contribution is -0.132. The van der Waals surface area contributed by atoms with Crippen LogP contribution in [0.5, 0.6) is 0 Å². The predicted molar refractivity (Wildman–Crippen MR) is 131 cm³/mol. The first-order valence-corrected chi connectivity index (χ1v) is 13.0. The molecule has 0 unspecified atom stereocenters. The second-order valence-electron chi connectivity index (χ2n) is 10.3. The zero-order chi connectivity index (χ0) is 23.6. The quantitative estimate of drug-likeness (QED) is 0.641. The van der Waals surface area contributed by atoms with Gasteiger partial charge in [-0.3, -0.25) is 14.2 Å². The maximum atomic E-state index is 12.9. The van der Waals surface area contributed by atoms with Crippen LogP contribution in [0.4, 0.5) is 0 Å². The molecule has 1 saturated heterocycles. The number of primary amides is 1. The topological polar surface area (TPSA) is 94.1 Å². The molecule has 178 valence electrons. The molecule has 2 aliphatic rings. The van der Waals surface area contributed by atoms with E-state index in [4.69, 9.17) is 5.73 Å². The highest BCUT2D eigenvalue weighted by Gasteiger charge is 2.29. The Balaban J connectivity index is 1.52. The molecule has 1 aliphatic heterocycles. The summed E-state index contributed by atoms with van der Waals surface area (Å²) >= 11 is 1.45. The van der Waals surface area contributed by atoms with Crippen molar-refractivity contribution in [2.24, 2.45) is 11.7 Å². The Morgan fingerprint density at radius 3 is 2.39 bits per heavy atom. The van der Waals surface area contributed by atoms with Crippen LogP contribution in [0.25, 0.3) is 11.4 Å². The van der Waals surface area contributed by atoms with Gasteiger partial charge in [0.1, 0.15) is 0 Å². The minimum atomic E-state index is -0.316. The molecular formula is C25H35N5O2S. The van der Waals surface area contributed by atoms with Crippen LogP contribution in [0.3, 0.4) is 0 Å². The van der Waals surface area contributed by atoms with Gasteiger partial charge in [0, 0.05) is 24.7 Å². The molecule has 1 aromatic carbocycles. The number of carbonyl (C=O) groups excluding carboxylic acids is 2. The Labute approximate surface area is 200 Å². The Bertz CT molecular complexity index is 989. The number of carbonyl (C=O) groups is 2. The first-order chi connectivity index (χ1) is 15.7. The fourth-order valence-corrected chi connectivity index (χ4v) is 5.75. The molecular weight excluding hydrogens is 434 g/mol. The summed E-state index contributed by atoms with van der Waals surface area (Å²) in [5, 5.41) is 9.85. The Morgan fingerprint density at radius 2 is 1.76 bits per heavy atom. The van der Waals surface area contributed by atoms with Gasteiger partial charge in [0.05, 0.1) is 11.7 Å². The van der Waals surface area contributed by atoms with E-state index in [2.05, 4.69) is 59.8 Å². The molecule has 2 fully saturated rings. The van der Waals surface area contributed by atoms with Crippen LogP contribution in [-0.4, -0.2) is 50.3 Å². The first-order valence-electron chi connectivity index (χ1n) is 12.0. The smallest absolute Gasteiger partial charge is 0.233 e. The minimum Gasteiger partial charge on any atom is -0.369 e. The normalized spacial score (nSPS) is 19.7. The molecule has 7 nitrogen and oxygen atoms in total. The molecule has 8 heteroatoms. The summed E-state index contributed by atoms with van der Waals surface area (Å²) in [7, 11) is 0. The van der Waals surface area contributed by atoms with Gasteiger partial charge in [-0.25, -0.2) is 0 Å². The van der Waals surface area contributed by atoms with Crippen LogP contribution in [0, 0.1) is 5.92 Å². The minimum absolute atomic E-state index is 0.0306. The van der Waals surface area contributed by atoms with Crippen LogP contribution in [-0.2, 0) is 15.0 Å². The van der Waals surface area contributed by atoms with Crippen LogP contribution in [0.15, 0.2) is 29.4 Å². The number of aromatic nitrogens is 3. The van der Waals surface area contributed by atoms with E-state index in [-0.39, 0.29) is 23.1 Å². The number of hydrogen-bond donors (Lipinski definition) is 1. The molecule has 4 rings (SSSR count). The van der Waals surface area contributed by atoms with Gasteiger partial charge < -0.3 is 10.6 Å². The number of benzene rings is 1. The highest BCUT2D eigenvalue weighted by molar-refractivity contribution is 7.99. The summed E-state index contributed by atoms with van der Waals surface area (Å²) in [6.45, 7) is 7.74. The van der Waals surface area contributed by atoms with Crippen molar-refractivity contribution in [3.8, 4) is 11.4 Å². The van der Waals surface area contributed by atoms with E-state index in [0.717, 1.165) is 42.2 Å². The fraction of sp³-hybridized carbons (Fsp3) is 0.600. The second kappa shape index (κ2) is 9.87. The lowest BCUT2D eigenvalue weighted by atomic mass is 9.86. The molecule has 0 radical (unpaired) electrons. The number of nitrogens with zero attached hydrogens (tertiary/aromatic N) is 4. The second-order valence-corrected chi connectivity index (χ2v) is 11.3. The number of nitrogens with two attached hydrogens (primary N) is 1. The standard InChI is InChI=1S/C25H35N5O2S/c1-25(2,3)19-12-10-17(11-13-19)23-27-28-24(30(23)20-8-4-5-9-20)33-16-21(31)29-14-6-7-18(15-29)22(26)32/h10-13,18,20H,4-9,14-16H2,1-3H3,(H2,26,32)/t18-/m0/s1. The molecule has 1 aliphatic carbocycles. The van der Waals surface area contributed by atoms with Crippen molar-refractivity contribution in [3.63, 3.8) is 0 Å². The van der Waals surface area contributed by atoms with E-state index in [1.54, 1.807) is 4.90 Å². The van der Waals surface area contributed by atoms with Crippen molar-refractivity contribution >= 4 is 23.6 Å². The molecule has 2 N–H and O–H groups in total. The maximum Gasteiger partial charge on any atom is 0.233 e. The molecule has 33 heavy (non-hydrogen) atoms. The van der Waals surface area contributed by atoms with Crippen molar-refractivity contribution in [2.45, 2.75) is 75.9 Å². The van der Waals surface area contributed by atoms with E-state index in [9.17, 15) is 9.59 Å². The summed E-state index contributed by atoms with van der Waals surface area (Å²) in [5.41, 5.74) is 7.91. The third kappa shape index (κ3) is 5.42. The number of thioether (sulfide) groups is 1. The van der Waals surface area contributed by atoms with Crippen LogP contribution < -0.4 is 5.73 Å². The third-order valence-electron chi connectivity index (χ3n) is 6.86. The Morgan fingerprint density at radius 1 is 1.06 bits per heavy atom. The van der Waals surface area contributed by atoms with Crippen molar-refractivity contribution in [1.29, 1.82) is 0 Å². The van der Waals surface area contributed by atoms with E-state index in [1.807, 2.05) is 0 Å². The lowest BCUT2D eigenvalue weighted by Crippen LogP contribution is -2.44. The Hall–Kier alpha value is -2.35. The number of hydrogen-bond acceptors (Lipinski definition) is 5. The molecule has 2 amide bonds. The van der Waals surface area contributed by atoms with Crippen molar-refractivity contribution in [2.75, 3.05) is 18.8 Å². The largest absolute Gasteiger partial charge is 0.369 e. The van der Waals surface area contributed by atoms with Gasteiger partial charge in [-0.2, -0.15) is 0 Å². The monoisotopic (exact) mass is 469 g/mol. The highest BCUT2D eigenvalue weighted by atomic mass is 32.2. The average molecular weight is 470 g/mol. The number of rotatable bonds is 6. The van der Waals surface area contributed by atoms with E-state index in [0.29, 0.717) is 24.9 Å². The van der Waals surface area contributed by atoms with Crippen LogP contribution >= 0.6 is 11.8 Å². The summed E-state index contributed by atoms with van der Waals surface area (Å²) < 4.78 is 2.25.